The quantitative estimate of drug-likeness (QED) is 0.622. The summed E-state index contributed by atoms with van der Waals surface area (Å²) in [5, 5.41) is 0. The highest BCUT2D eigenvalue weighted by Gasteiger charge is 2.39. The highest BCUT2D eigenvalue weighted by atomic mass is 31.2. The second-order valence-electron chi connectivity index (χ2n) is 5.01. The van der Waals surface area contributed by atoms with Gasteiger partial charge in [0.25, 0.3) is 0 Å². The number of hydrogen-bond donors (Lipinski definition) is 2. The van der Waals surface area contributed by atoms with Crippen LogP contribution in [0.25, 0.3) is 0 Å². The van der Waals surface area contributed by atoms with Crippen LogP contribution in [0.1, 0.15) is 66.2 Å². The van der Waals surface area contributed by atoms with Crippen molar-refractivity contribution >= 4 is 7.82 Å². The molecule has 0 saturated heterocycles. The van der Waals surface area contributed by atoms with Gasteiger partial charge in [0.1, 0.15) is 0 Å². The monoisotopic (exact) mass is 266 g/mol. The van der Waals surface area contributed by atoms with Crippen LogP contribution in [0.2, 0.25) is 0 Å². The molecule has 0 aliphatic carbocycles. The summed E-state index contributed by atoms with van der Waals surface area (Å²) in [5.41, 5.74) is -0.676. The van der Waals surface area contributed by atoms with Crippen LogP contribution < -0.4 is 0 Å². The van der Waals surface area contributed by atoms with Crippen molar-refractivity contribution in [2.45, 2.75) is 71.8 Å². The molecule has 0 fully saturated rings. The first-order valence-electron chi connectivity index (χ1n) is 6.53. The first kappa shape index (κ1) is 17.1. The average molecular weight is 266 g/mol. The van der Waals surface area contributed by atoms with E-state index in [0.717, 1.165) is 25.7 Å². The van der Waals surface area contributed by atoms with Gasteiger partial charge in [-0.05, 0) is 18.8 Å². The van der Waals surface area contributed by atoms with E-state index in [9.17, 15) is 4.57 Å². The molecule has 0 saturated carbocycles. The molecule has 17 heavy (non-hydrogen) atoms. The molecule has 0 aromatic carbocycles. The van der Waals surface area contributed by atoms with Crippen molar-refractivity contribution in [2.75, 3.05) is 0 Å². The summed E-state index contributed by atoms with van der Waals surface area (Å²) in [4.78, 5) is 18.2. The minimum absolute atomic E-state index is 0.105. The third-order valence-electron chi connectivity index (χ3n) is 3.26. The van der Waals surface area contributed by atoms with Gasteiger partial charge >= 0.3 is 7.82 Å². The molecule has 0 radical (unpaired) electrons. The van der Waals surface area contributed by atoms with Gasteiger partial charge < -0.3 is 9.79 Å². The molecule has 4 nitrogen and oxygen atoms in total. The number of hydrogen-bond acceptors (Lipinski definition) is 2. The second-order valence-corrected chi connectivity index (χ2v) is 6.17. The number of unbranched alkanes of at least 4 members (excludes halogenated alkanes) is 2. The number of phosphoric acid groups is 1. The lowest BCUT2D eigenvalue weighted by Gasteiger charge is -2.37. The molecule has 0 aromatic rings. The van der Waals surface area contributed by atoms with Crippen LogP contribution in [0.3, 0.4) is 0 Å². The second kappa shape index (κ2) is 7.52. The third kappa shape index (κ3) is 6.56. The number of rotatable bonds is 9. The topological polar surface area (TPSA) is 66.8 Å². The van der Waals surface area contributed by atoms with Crippen molar-refractivity contribution in [1.82, 2.24) is 0 Å². The van der Waals surface area contributed by atoms with Gasteiger partial charge in [0.05, 0.1) is 5.60 Å². The van der Waals surface area contributed by atoms with E-state index >= 15 is 0 Å². The third-order valence-corrected chi connectivity index (χ3v) is 3.86. The molecule has 0 unspecified atom stereocenters. The van der Waals surface area contributed by atoms with E-state index in [-0.39, 0.29) is 5.92 Å². The van der Waals surface area contributed by atoms with Gasteiger partial charge in [-0.2, -0.15) is 0 Å². The molecule has 0 heterocycles. The lowest BCUT2D eigenvalue weighted by atomic mass is 9.81. The van der Waals surface area contributed by atoms with E-state index in [1.165, 1.54) is 0 Å². The van der Waals surface area contributed by atoms with Crippen molar-refractivity contribution in [3.05, 3.63) is 0 Å². The molecular formula is C12H27O4P. The van der Waals surface area contributed by atoms with Gasteiger partial charge in [-0.3, -0.25) is 4.52 Å². The van der Waals surface area contributed by atoms with Crippen LogP contribution in [0.15, 0.2) is 0 Å². The molecule has 104 valence electrons. The summed E-state index contributed by atoms with van der Waals surface area (Å²) in [6.07, 6.45) is 5.30. The van der Waals surface area contributed by atoms with Crippen LogP contribution in [0.5, 0.6) is 0 Å². The zero-order valence-corrected chi connectivity index (χ0v) is 12.4. The summed E-state index contributed by atoms with van der Waals surface area (Å²) < 4.78 is 16.3. The van der Waals surface area contributed by atoms with E-state index in [0.29, 0.717) is 12.8 Å². The zero-order valence-electron chi connectivity index (χ0n) is 11.5. The van der Waals surface area contributed by atoms with Crippen LogP contribution in [0.4, 0.5) is 0 Å². The van der Waals surface area contributed by atoms with Gasteiger partial charge in [-0.25, -0.2) is 4.57 Å². The fourth-order valence-corrected chi connectivity index (χ4v) is 2.95. The fourth-order valence-electron chi connectivity index (χ4n) is 2.09. The van der Waals surface area contributed by atoms with Crippen molar-refractivity contribution in [3.8, 4) is 0 Å². The Labute approximate surface area is 105 Å². The minimum atomic E-state index is -4.42. The first-order chi connectivity index (χ1) is 7.77. The smallest absolute Gasteiger partial charge is 0.303 e. The molecule has 0 aliphatic rings. The van der Waals surface area contributed by atoms with Crippen LogP contribution in [-0.4, -0.2) is 15.4 Å². The van der Waals surface area contributed by atoms with Gasteiger partial charge in [-0.1, -0.05) is 53.4 Å². The predicted molar refractivity (Wildman–Crippen MR) is 69.7 cm³/mol. The maximum Gasteiger partial charge on any atom is 0.470 e. The Balaban J connectivity index is 4.88. The van der Waals surface area contributed by atoms with E-state index < -0.39 is 13.4 Å². The summed E-state index contributed by atoms with van der Waals surface area (Å²) in [6.45, 7) is 8.09. The van der Waals surface area contributed by atoms with Crippen LogP contribution >= 0.6 is 7.82 Å². The average Bonchev–Trinajstić information content (AvgIpc) is 2.20. The van der Waals surface area contributed by atoms with Crippen LogP contribution in [-0.2, 0) is 9.09 Å². The summed E-state index contributed by atoms with van der Waals surface area (Å²) >= 11 is 0. The minimum Gasteiger partial charge on any atom is -0.303 e. The fraction of sp³-hybridized carbons (Fsp3) is 1.00. The van der Waals surface area contributed by atoms with Crippen LogP contribution in [0, 0.1) is 5.92 Å². The standard InChI is InChI=1S/C12H27O4P/c1-5-7-9-12(11(3)4,10-8-6-2)16-17(13,14)15/h11H,5-10H2,1-4H3,(H2,13,14,15). The molecule has 2 N–H and O–H groups in total. The maximum atomic E-state index is 11.1. The van der Waals surface area contributed by atoms with E-state index in [2.05, 4.69) is 13.8 Å². The Morgan fingerprint density at radius 3 is 1.76 bits per heavy atom. The van der Waals surface area contributed by atoms with E-state index in [1.54, 1.807) is 0 Å². The zero-order chi connectivity index (χ0) is 13.5. The Kier molecular flexibility index (Phi) is 7.57. The molecule has 0 rings (SSSR count). The van der Waals surface area contributed by atoms with Gasteiger partial charge in [0.15, 0.2) is 0 Å². The molecule has 5 heteroatoms. The Bertz CT molecular complexity index is 239. The Morgan fingerprint density at radius 2 is 1.53 bits per heavy atom. The van der Waals surface area contributed by atoms with Gasteiger partial charge in [-0.15, -0.1) is 0 Å². The largest absolute Gasteiger partial charge is 0.470 e. The lowest BCUT2D eigenvalue weighted by Crippen LogP contribution is -2.37. The molecular weight excluding hydrogens is 239 g/mol. The lowest BCUT2D eigenvalue weighted by molar-refractivity contribution is -0.0222. The molecule has 0 aliphatic heterocycles. The van der Waals surface area contributed by atoms with Crippen molar-refractivity contribution in [2.24, 2.45) is 5.92 Å². The summed E-state index contributed by atoms with van der Waals surface area (Å²) in [7, 11) is -4.42. The molecule has 0 atom stereocenters. The van der Waals surface area contributed by atoms with Gasteiger partial charge in [0.2, 0.25) is 0 Å². The predicted octanol–water partition coefficient (Wildman–Crippen LogP) is 3.87. The molecule has 0 aromatic heterocycles. The number of phosphoric ester groups is 1. The van der Waals surface area contributed by atoms with Crippen molar-refractivity contribution in [3.63, 3.8) is 0 Å². The summed E-state index contributed by atoms with van der Waals surface area (Å²) in [5.74, 6) is 0.105. The highest BCUT2D eigenvalue weighted by molar-refractivity contribution is 7.46. The summed E-state index contributed by atoms with van der Waals surface area (Å²) in [6, 6.07) is 0. The first-order valence-corrected chi connectivity index (χ1v) is 8.06. The van der Waals surface area contributed by atoms with Gasteiger partial charge in [0, 0.05) is 0 Å². The Morgan fingerprint density at radius 1 is 1.12 bits per heavy atom. The van der Waals surface area contributed by atoms with Crippen molar-refractivity contribution in [1.29, 1.82) is 0 Å². The normalized spacial score (nSPS) is 13.4. The SMILES string of the molecule is CCCCC(CCCC)(OP(=O)(O)O)C(C)C. The van der Waals surface area contributed by atoms with E-state index in [4.69, 9.17) is 14.3 Å². The highest BCUT2D eigenvalue weighted by Crippen LogP contribution is 2.48. The van der Waals surface area contributed by atoms with E-state index in [1.807, 2.05) is 13.8 Å². The molecule has 0 bridgehead atoms. The Hall–Kier alpha value is 0.110. The molecule has 0 spiro atoms. The molecule has 0 amide bonds. The van der Waals surface area contributed by atoms with Crippen molar-refractivity contribution < 1.29 is 18.9 Å². The maximum absolute atomic E-state index is 11.1.